The van der Waals surface area contributed by atoms with Gasteiger partial charge in [0, 0.05) is 35.1 Å². The summed E-state index contributed by atoms with van der Waals surface area (Å²) in [7, 11) is 6.12. The largest absolute Gasteiger partial charge is 0.481 e. The number of carbonyl (C=O) groups excluding carboxylic acids is 1. The monoisotopic (exact) mass is 507 g/mol. The first kappa shape index (κ1) is 24.4. The SMILES string of the molecule is [B]c1cnn2c(NCc3cccc(NC(=O)C(C)Oc4ccccc4)c3)cc(-c3ccccc3Cl)nc12. The Kier molecular flexibility index (Phi) is 7.10. The molecule has 0 fully saturated rings. The van der Waals surface area contributed by atoms with Crippen LogP contribution in [0.2, 0.25) is 5.02 Å². The van der Waals surface area contributed by atoms with Gasteiger partial charge in [-0.2, -0.15) is 9.61 Å². The molecule has 5 aromatic rings. The Balaban J connectivity index is 1.32. The van der Waals surface area contributed by atoms with Crippen LogP contribution in [0.25, 0.3) is 16.9 Å². The number of benzene rings is 3. The van der Waals surface area contributed by atoms with E-state index >= 15 is 0 Å². The van der Waals surface area contributed by atoms with Gasteiger partial charge in [0.1, 0.15) is 19.4 Å². The van der Waals surface area contributed by atoms with Gasteiger partial charge < -0.3 is 15.4 Å². The molecule has 0 aliphatic heterocycles. The van der Waals surface area contributed by atoms with Gasteiger partial charge in [0.15, 0.2) is 11.8 Å². The van der Waals surface area contributed by atoms with E-state index in [1.165, 1.54) is 0 Å². The second-order valence-electron chi connectivity index (χ2n) is 8.46. The van der Waals surface area contributed by atoms with Gasteiger partial charge in [-0.15, -0.1) is 0 Å². The number of hydrogen-bond donors (Lipinski definition) is 2. The fourth-order valence-electron chi connectivity index (χ4n) is 3.86. The smallest absolute Gasteiger partial charge is 0.265 e. The van der Waals surface area contributed by atoms with Crippen molar-refractivity contribution < 1.29 is 9.53 Å². The van der Waals surface area contributed by atoms with Gasteiger partial charge in [0.25, 0.3) is 5.91 Å². The van der Waals surface area contributed by atoms with Crippen molar-refractivity contribution in [3.8, 4) is 17.0 Å². The third-order valence-corrected chi connectivity index (χ3v) is 6.07. The van der Waals surface area contributed by atoms with Crippen LogP contribution in [0.1, 0.15) is 12.5 Å². The average molecular weight is 508 g/mol. The quantitative estimate of drug-likeness (QED) is 0.293. The van der Waals surface area contributed by atoms with Gasteiger partial charge in [0.2, 0.25) is 0 Å². The maximum absolute atomic E-state index is 12.7. The second-order valence-corrected chi connectivity index (χ2v) is 8.87. The number of aromatic nitrogens is 3. The first-order valence-electron chi connectivity index (χ1n) is 11.7. The summed E-state index contributed by atoms with van der Waals surface area (Å²) in [5, 5.41) is 11.3. The maximum atomic E-state index is 12.7. The zero-order chi connectivity index (χ0) is 25.8. The van der Waals surface area contributed by atoms with E-state index < -0.39 is 6.10 Å². The third-order valence-electron chi connectivity index (χ3n) is 5.74. The zero-order valence-corrected chi connectivity index (χ0v) is 20.8. The average Bonchev–Trinajstić information content (AvgIpc) is 3.29. The lowest BCUT2D eigenvalue weighted by atomic mass is 10.0. The van der Waals surface area contributed by atoms with Gasteiger partial charge >= 0.3 is 0 Å². The van der Waals surface area contributed by atoms with Crippen molar-refractivity contribution in [1.82, 2.24) is 14.6 Å². The van der Waals surface area contributed by atoms with E-state index in [9.17, 15) is 4.79 Å². The Morgan fingerprint density at radius 3 is 2.65 bits per heavy atom. The molecule has 0 bridgehead atoms. The molecule has 1 amide bonds. The molecule has 2 aromatic heterocycles. The summed E-state index contributed by atoms with van der Waals surface area (Å²) in [5.74, 6) is 1.11. The lowest BCUT2D eigenvalue weighted by Crippen LogP contribution is -2.30. The van der Waals surface area contributed by atoms with Crippen LogP contribution in [-0.2, 0) is 11.3 Å². The van der Waals surface area contributed by atoms with E-state index in [2.05, 4.69) is 20.7 Å². The Morgan fingerprint density at radius 2 is 1.84 bits per heavy atom. The minimum absolute atomic E-state index is 0.235. The molecule has 0 saturated heterocycles. The van der Waals surface area contributed by atoms with Crippen LogP contribution >= 0.6 is 11.6 Å². The molecular weight excluding hydrogens is 485 g/mol. The molecule has 1 unspecified atom stereocenters. The van der Waals surface area contributed by atoms with Crippen LogP contribution in [0, 0.1) is 0 Å². The van der Waals surface area contributed by atoms with Crippen LogP contribution in [0.15, 0.2) is 91.1 Å². The van der Waals surface area contributed by atoms with E-state index in [0.717, 1.165) is 11.1 Å². The van der Waals surface area contributed by atoms with Gasteiger partial charge in [-0.05, 0) is 48.3 Å². The highest BCUT2D eigenvalue weighted by Crippen LogP contribution is 2.28. The van der Waals surface area contributed by atoms with Crippen molar-refractivity contribution in [2.45, 2.75) is 19.6 Å². The van der Waals surface area contributed by atoms with E-state index in [1.54, 1.807) is 17.6 Å². The summed E-state index contributed by atoms with van der Waals surface area (Å²) >= 11 is 6.42. The van der Waals surface area contributed by atoms with E-state index in [0.29, 0.717) is 45.6 Å². The zero-order valence-electron chi connectivity index (χ0n) is 20.1. The van der Waals surface area contributed by atoms with Gasteiger partial charge in [-0.25, -0.2) is 4.98 Å². The number of carbonyl (C=O) groups is 1. The molecule has 0 saturated carbocycles. The summed E-state index contributed by atoms with van der Waals surface area (Å²) in [4.78, 5) is 17.3. The minimum atomic E-state index is -0.650. The number of para-hydroxylation sites is 1. The Bertz CT molecular complexity index is 1560. The number of anilines is 2. The van der Waals surface area contributed by atoms with Crippen LogP contribution in [0.3, 0.4) is 0 Å². The molecule has 1 atom stereocenters. The molecule has 2 N–H and O–H groups in total. The number of halogens is 1. The molecule has 2 radical (unpaired) electrons. The highest BCUT2D eigenvalue weighted by Gasteiger charge is 2.15. The standard InChI is InChI=1S/C28H23BClN5O2/c1-18(37-21-10-3-2-4-11-21)28(36)33-20-9-7-8-19(14-20)16-31-26-15-25(22-12-5-6-13-24(22)30)34-27-23(29)17-32-35(26)27/h2-15,17-18,31H,16H2,1H3,(H,33,36). The highest BCUT2D eigenvalue weighted by molar-refractivity contribution is 6.36. The molecular formula is C28H23BClN5O2. The van der Waals surface area contributed by atoms with Crippen LogP contribution in [0.5, 0.6) is 5.75 Å². The Labute approximate surface area is 220 Å². The molecule has 9 heteroatoms. The minimum Gasteiger partial charge on any atom is -0.481 e. The van der Waals surface area contributed by atoms with E-state index in [4.69, 9.17) is 24.2 Å². The van der Waals surface area contributed by atoms with Crippen LogP contribution < -0.4 is 20.8 Å². The van der Waals surface area contributed by atoms with Gasteiger partial charge in [0.05, 0.1) is 5.69 Å². The topological polar surface area (TPSA) is 80.5 Å². The van der Waals surface area contributed by atoms with Crippen molar-refractivity contribution in [2.75, 3.05) is 10.6 Å². The molecule has 2 heterocycles. The summed E-state index contributed by atoms with van der Waals surface area (Å²) in [6, 6.07) is 26.3. The number of amides is 1. The predicted octanol–water partition coefficient (Wildman–Crippen LogP) is 4.86. The fourth-order valence-corrected chi connectivity index (χ4v) is 4.10. The number of fused-ring (bicyclic) bond motifs is 1. The summed E-state index contributed by atoms with van der Waals surface area (Å²) in [6.07, 6.45) is 0.918. The summed E-state index contributed by atoms with van der Waals surface area (Å²) in [5.41, 5.74) is 4.11. The lowest BCUT2D eigenvalue weighted by Gasteiger charge is -2.15. The Hall–Kier alpha value is -4.30. The van der Waals surface area contributed by atoms with Crippen molar-refractivity contribution >= 4 is 48.0 Å². The molecule has 3 aromatic carbocycles. The molecule has 182 valence electrons. The number of ether oxygens (including phenoxy) is 1. The first-order valence-corrected chi connectivity index (χ1v) is 12.1. The van der Waals surface area contributed by atoms with Crippen molar-refractivity contribution in [3.05, 3.63) is 102 Å². The van der Waals surface area contributed by atoms with Crippen molar-refractivity contribution in [3.63, 3.8) is 0 Å². The number of rotatable bonds is 8. The first-order chi connectivity index (χ1) is 18.0. The predicted molar refractivity (Wildman–Crippen MR) is 148 cm³/mol. The highest BCUT2D eigenvalue weighted by atomic mass is 35.5. The fraction of sp³-hybridized carbons (Fsp3) is 0.107. The molecule has 0 aliphatic carbocycles. The van der Waals surface area contributed by atoms with E-state index in [1.807, 2.05) is 84.9 Å². The molecule has 5 rings (SSSR count). The lowest BCUT2D eigenvalue weighted by molar-refractivity contribution is -0.122. The molecule has 0 spiro atoms. The number of nitrogens with zero attached hydrogens (tertiary/aromatic N) is 3. The van der Waals surface area contributed by atoms with E-state index in [-0.39, 0.29) is 5.91 Å². The van der Waals surface area contributed by atoms with Gasteiger partial charge in [-0.3, -0.25) is 4.79 Å². The second kappa shape index (κ2) is 10.8. The number of hydrogen-bond acceptors (Lipinski definition) is 5. The third kappa shape index (κ3) is 5.60. The summed E-state index contributed by atoms with van der Waals surface area (Å²) < 4.78 is 7.38. The maximum Gasteiger partial charge on any atom is 0.265 e. The van der Waals surface area contributed by atoms with Crippen molar-refractivity contribution in [1.29, 1.82) is 0 Å². The van der Waals surface area contributed by atoms with Crippen LogP contribution in [0.4, 0.5) is 11.5 Å². The normalized spacial score (nSPS) is 11.7. The molecule has 37 heavy (non-hydrogen) atoms. The number of nitrogens with one attached hydrogen (secondary N) is 2. The molecule has 7 nitrogen and oxygen atoms in total. The van der Waals surface area contributed by atoms with Crippen LogP contribution in [-0.4, -0.2) is 34.5 Å². The van der Waals surface area contributed by atoms with Crippen molar-refractivity contribution in [2.24, 2.45) is 0 Å². The summed E-state index contributed by atoms with van der Waals surface area (Å²) in [6.45, 7) is 2.19. The Morgan fingerprint density at radius 1 is 1.05 bits per heavy atom. The molecule has 0 aliphatic rings. The van der Waals surface area contributed by atoms with Gasteiger partial charge in [-0.1, -0.05) is 60.1 Å².